The zero-order valence-corrected chi connectivity index (χ0v) is 15.4. The van der Waals surface area contributed by atoms with Gasteiger partial charge in [-0.1, -0.05) is 24.3 Å². The number of hydrogen-bond acceptors (Lipinski definition) is 4. The van der Waals surface area contributed by atoms with Crippen LogP contribution in [0.3, 0.4) is 0 Å². The highest BCUT2D eigenvalue weighted by atomic mass is 32.1. The van der Waals surface area contributed by atoms with Gasteiger partial charge in [0.25, 0.3) is 0 Å². The number of nitrogens with one attached hydrogen (secondary N) is 2. The number of pyridine rings is 1. The molecule has 0 amide bonds. The van der Waals surface area contributed by atoms with Crippen molar-refractivity contribution in [1.82, 2.24) is 20.6 Å². The second-order valence-corrected chi connectivity index (χ2v) is 6.66. The first-order valence-electron chi connectivity index (χ1n) is 8.26. The lowest BCUT2D eigenvalue weighted by atomic mass is 10.1. The summed E-state index contributed by atoms with van der Waals surface area (Å²) >= 11 is 1.01. The van der Waals surface area contributed by atoms with E-state index in [9.17, 15) is 13.2 Å². The number of guanidine groups is 1. The van der Waals surface area contributed by atoms with Crippen molar-refractivity contribution in [2.75, 3.05) is 13.6 Å². The fraction of sp³-hybridized carbons (Fsp3) is 0.278. The molecule has 0 atom stereocenters. The first-order valence-corrected chi connectivity index (χ1v) is 9.14. The Balaban J connectivity index is 1.53. The summed E-state index contributed by atoms with van der Waals surface area (Å²) in [5.74, 6) is 0.565. The minimum Gasteiger partial charge on any atom is -0.356 e. The van der Waals surface area contributed by atoms with Crippen LogP contribution in [-0.4, -0.2) is 29.5 Å². The summed E-state index contributed by atoms with van der Waals surface area (Å²) in [4.78, 5) is 12.2. The average molecular weight is 393 g/mol. The number of rotatable bonds is 5. The van der Waals surface area contributed by atoms with Gasteiger partial charge in [0, 0.05) is 43.5 Å². The molecule has 2 N–H and O–H groups in total. The lowest BCUT2D eigenvalue weighted by Gasteiger charge is -2.12. The summed E-state index contributed by atoms with van der Waals surface area (Å²) in [6, 6.07) is 9.86. The quantitative estimate of drug-likeness (QED) is 0.513. The maximum atomic E-state index is 12.6. The lowest BCUT2D eigenvalue weighted by Crippen LogP contribution is -2.37. The molecule has 0 bridgehead atoms. The van der Waals surface area contributed by atoms with E-state index in [1.54, 1.807) is 13.2 Å². The summed E-state index contributed by atoms with van der Waals surface area (Å²) in [6.07, 6.45) is -2.26. The normalized spacial score (nSPS) is 12.4. The highest BCUT2D eigenvalue weighted by Crippen LogP contribution is 2.30. The summed E-state index contributed by atoms with van der Waals surface area (Å²) in [5.41, 5.74) is 1.12. The Kier molecular flexibility index (Phi) is 5.90. The number of alkyl halides is 3. The SMILES string of the molecule is CN=C(NCCc1nc(C(F)(F)F)cs1)NCc1cccc2cccnc12. The highest BCUT2D eigenvalue weighted by molar-refractivity contribution is 7.09. The Labute approximate surface area is 158 Å². The van der Waals surface area contributed by atoms with E-state index < -0.39 is 11.9 Å². The third-order valence-electron chi connectivity index (χ3n) is 3.86. The summed E-state index contributed by atoms with van der Waals surface area (Å²) in [6.45, 7) is 0.960. The number of fused-ring (bicyclic) bond motifs is 1. The molecule has 0 fully saturated rings. The van der Waals surface area contributed by atoms with E-state index in [-0.39, 0.29) is 0 Å². The molecule has 2 heterocycles. The third-order valence-corrected chi connectivity index (χ3v) is 4.77. The van der Waals surface area contributed by atoms with Crippen molar-refractivity contribution < 1.29 is 13.2 Å². The van der Waals surface area contributed by atoms with Gasteiger partial charge in [-0.2, -0.15) is 13.2 Å². The van der Waals surface area contributed by atoms with Gasteiger partial charge in [-0.3, -0.25) is 9.98 Å². The fourth-order valence-electron chi connectivity index (χ4n) is 2.55. The fourth-order valence-corrected chi connectivity index (χ4v) is 3.36. The van der Waals surface area contributed by atoms with Crippen LogP contribution in [0.4, 0.5) is 13.2 Å². The van der Waals surface area contributed by atoms with E-state index in [1.807, 2.05) is 30.3 Å². The number of aromatic nitrogens is 2. The average Bonchev–Trinajstić information content (AvgIpc) is 3.14. The topological polar surface area (TPSA) is 62.2 Å². The third kappa shape index (κ3) is 4.94. The van der Waals surface area contributed by atoms with E-state index in [4.69, 9.17) is 0 Å². The zero-order valence-electron chi connectivity index (χ0n) is 14.5. The van der Waals surface area contributed by atoms with Crippen molar-refractivity contribution in [3.05, 3.63) is 58.2 Å². The molecule has 0 saturated heterocycles. The molecule has 1 aromatic carbocycles. The maximum Gasteiger partial charge on any atom is 0.434 e. The van der Waals surface area contributed by atoms with Gasteiger partial charge in [0.1, 0.15) is 0 Å². The molecule has 3 rings (SSSR count). The molecular formula is C18H18F3N5S. The Morgan fingerprint density at radius 1 is 1.19 bits per heavy atom. The molecule has 0 spiro atoms. The standard InChI is InChI=1S/C18H18F3N5S/c1-22-17(24-9-7-15-26-14(11-27-15)18(19,20)21)25-10-13-5-2-4-12-6-3-8-23-16(12)13/h2-6,8,11H,7,9-10H2,1H3,(H2,22,24,25). The Morgan fingerprint density at radius 2 is 2.00 bits per heavy atom. The first-order chi connectivity index (χ1) is 13.0. The number of nitrogens with zero attached hydrogens (tertiary/aromatic N) is 3. The van der Waals surface area contributed by atoms with Crippen LogP contribution >= 0.6 is 11.3 Å². The van der Waals surface area contributed by atoms with Gasteiger partial charge in [-0.25, -0.2) is 4.98 Å². The molecule has 0 aliphatic carbocycles. The molecule has 0 radical (unpaired) electrons. The second kappa shape index (κ2) is 8.34. The predicted molar refractivity (Wildman–Crippen MR) is 101 cm³/mol. The Morgan fingerprint density at radius 3 is 2.74 bits per heavy atom. The molecule has 2 aromatic heterocycles. The highest BCUT2D eigenvalue weighted by Gasteiger charge is 2.33. The first kappa shape index (κ1) is 19.1. The molecule has 0 aliphatic rings. The zero-order chi connectivity index (χ0) is 19.3. The predicted octanol–water partition coefficient (Wildman–Crippen LogP) is 3.62. The molecular weight excluding hydrogens is 375 g/mol. The number of thiazole rings is 1. The number of benzene rings is 1. The summed E-state index contributed by atoms with van der Waals surface area (Å²) in [5, 5.41) is 8.81. The minimum atomic E-state index is -4.40. The van der Waals surface area contributed by atoms with Crippen molar-refractivity contribution in [3.63, 3.8) is 0 Å². The molecule has 0 saturated carbocycles. The summed E-state index contributed by atoms with van der Waals surface area (Å²) < 4.78 is 37.7. The Hall–Kier alpha value is -2.68. The number of aliphatic imine (C=N–C) groups is 1. The van der Waals surface area contributed by atoms with Gasteiger partial charge < -0.3 is 10.6 Å². The van der Waals surface area contributed by atoms with Crippen molar-refractivity contribution in [2.24, 2.45) is 4.99 Å². The van der Waals surface area contributed by atoms with E-state index >= 15 is 0 Å². The van der Waals surface area contributed by atoms with E-state index in [0.717, 1.165) is 33.2 Å². The molecule has 0 unspecified atom stereocenters. The second-order valence-electron chi connectivity index (χ2n) is 5.72. The molecule has 5 nitrogen and oxygen atoms in total. The van der Waals surface area contributed by atoms with E-state index in [0.29, 0.717) is 30.5 Å². The van der Waals surface area contributed by atoms with Crippen LogP contribution in [0.1, 0.15) is 16.3 Å². The van der Waals surface area contributed by atoms with Crippen molar-refractivity contribution >= 4 is 28.2 Å². The van der Waals surface area contributed by atoms with Crippen molar-refractivity contribution in [1.29, 1.82) is 0 Å². The lowest BCUT2D eigenvalue weighted by molar-refractivity contribution is -0.140. The van der Waals surface area contributed by atoms with E-state index in [1.165, 1.54) is 0 Å². The largest absolute Gasteiger partial charge is 0.434 e. The van der Waals surface area contributed by atoms with E-state index in [2.05, 4.69) is 25.6 Å². The molecule has 0 aliphatic heterocycles. The van der Waals surface area contributed by atoms with Crippen LogP contribution in [0.2, 0.25) is 0 Å². The van der Waals surface area contributed by atoms with Crippen molar-refractivity contribution in [2.45, 2.75) is 19.1 Å². The molecule has 9 heteroatoms. The summed E-state index contributed by atoms with van der Waals surface area (Å²) in [7, 11) is 1.64. The minimum absolute atomic E-state index is 0.386. The van der Waals surface area contributed by atoms with Gasteiger partial charge in [0.2, 0.25) is 0 Å². The molecule has 3 aromatic rings. The van der Waals surface area contributed by atoms with Crippen LogP contribution in [0.5, 0.6) is 0 Å². The monoisotopic (exact) mass is 393 g/mol. The van der Waals surface area contributed by atoms with Gasteiger partial charge in [-0.05, 0) is 11.6 Å². The van der Waals surface area contributed by atoms with Crippen LogP contribution < -0.4 is 10.6 Å². The van der Waals surface area contributed by atoms with Crippen molar-refractivity contribution in [3.8, 4) is 0 Å². The van der Waals surface area contributed by atoms with Gasteiger partial charge in [-0.15, -0.1) is 11.3 Å². The van der Waals surface area contributed by atoms with Gasteiger partial charge >= 0.3 is 6.18 Å². The molecule has 27 heavy (non-hydrogen) atoms. The van der Waals surface area contributed by atoms with Crippen LogP contribution in [0, 0.1) is 0 Å². The molecule has 142 valence electrons. The van der Waals surface area contributed by atoms with Gasteiger partial charge in [0.15, 0.2) is 11.7 Å². The van der Waals surface area contributed by atoms with Crippen LogP contribution in [-0.2, 0) is 19.1 Å². The van der Waals surface area contributed by atoms with Crippen LogP contribution in [0.25, 0.3) is 10.9 Å². The number of hydrogen-bond donors (Lipinski definition) is 2. The maximum absolute atomic E-state index is 12.6. The number of para-hydroxylation sites is 1. The smallest absolute Gasteiger partial charge is 0.356 e. The van der Waals surface area contributed by atoms with Gasteiger partial charge in [0.05, 0.1) is 10.5 Å². The number of halogens is 3. The Bertz CT molecular complexity index is 931. The van der Waals surface area contributed by atoms with Crippen LogP contribution in [0.15, 0.2) is 46.9 Å².